The predicted octanol–water partition coefficient (Wildman–Crippen LogP) is 2.19. The largest absolute Gasteiger partial charge is 0.339 e. The lowest BCUT2D eigenvalue weighted by Gasteiger charge is -2.30. The molecule has 0 saturated heterocycles. The zero-order valence-electron chi connectivity index (χ0n) is 11.6. The molecule has 2 rings (SSSR count). The normalized spacial score (nSPS) is 12.1. The van der Waals surface area contributed by atoms with Gasteiger partial charge in [-0.25, -0.2) is 4.52 Å². The summed E-state index contributed by atoms with van der Waals surface area (Å²) in [5.41, 5.74) is 6.62. The quantitative estimate of drug-likeness (QED) is 0.913. The number of nitrogens with zero attached hydrogens (tertiary/aromatic N) is 4. The van der Waals surface area contributed by atoms with Crippen molar-refractivity contribution < 1.29 is 0 Å². The van der Waals surface area contributed by atoms with Gasteiger partial charge in [-0.15, -0.1) is 5.10 Å². The van der Waals surface area contributed by atoms with Crippen molar-refractivity contribution >= 4 is 23.2 Å². The molecule has 2 aromatic rings. The molecule has 104 valence electrons. The molecule has 2 heterocycles. The molecule has 0 aromatic carbocycles. The summed E-state index contributed by atoms with van der Waals surface area (Å²) in [6, 6.07) is 3.68. The summed E-state index contributed by atoms with van der Waals surface area (Å²) in [6.07, 6.45) is 1.76. The first-order valence-electron chi connectivity index (χ1n) is 6.42. The summed E-state index contributed by atoms with van der Waals surface area (Å²) >= 11 is 5.95. The highest BCUT2D eigenvalue weighted by Gasteiger charge is 2.22. The van der Waals surface area contributed by atoms with Crippen LogP contribution in [0, 0.1) is 5.41 Å². The van der Waals surface area contributed by atoms with Crippen LogP contribution >= 0.6 is 11.6 Å². The number of rotatable bonds is 5. The second-order valence-electron chi connectivity index (χ2n) is 5.44. The first-order chi connectivity index (χ1) is 8.95. The number of aromatic nitrogens is 3. The molecule has 2 aromatic heterocycles. The van der Waals surface area contributed by atoms with Crippen LogP contribution in [0.4, 0.5) is 5.95 Å². The van der Waals surface area contributed by atoms with Gasteiger partial charge in [-0.05, 0) is 31.0 Å². The van der Waals surface area contributed by atoms with E-state index in [1.807, 2.05) is 12.1 Å². The van der Waals surface area contributed by atoms with Gasteiger partial charge in [0.2, 0.25) is 5.95 Å². The SMILES string of the molecule is CCN(CC(C)(C)CN)c1nc2ccc(Cl)cn2n1. The van der Waals surface area contributed by atoms with Gasteiger partial charge < -0.3 is 10.6 Å². The van der Waals surface area contributed by atoms with Gasteiger partial charge in [0.15, 0.2) is 5.65 Å². The molecule has 0 fully saturated rings. The number of anilines is 1. The summed E-state index contributed by atoms with van der Waals surface area (Å²) in [4.78, 5) is 6.65. The Hall–Kier alpha value is -1.33. The maximum absolute atomic E-state index is 5.95. The molecule has 0 radical (unpaired) electrons. The Kier molecular flexibility index (Phi) is 3.96. The Bertz CT molecular complexity index is 563. The molecule has 0 bridgehead atoms. The van der Waals surface area contributed by atoms with E-state index in [4.69, 9.17) is 17.3 Å². The molecule has 6 heteroatoms. The van der Waals surface area contributed by atoms with Crippen LogP contribution in [0.1, 0.15) is 20.8 Å². The molecule has 0 aliphatic rings. The van der Waals surface area contributed by atoms with E-state index in [2.05, 4.69) is 35.8 Å². The molecule has 0 spiro atoms. The predicted molar refractivity (Wildman–Crippen MR) is 78.7 cm³/mol. The molecular weight excluding hydrogens is 262 g/mol. The van der Waals surface area contributed by atoms with E-state index in [9.17, 15) is 0 Å². The van der Waals surface area contributed by atoms with Crippen LogP contribution in [-0.2, 0) is 0 Å². The molecule has 0 aliphatic heterocycles. The summed E-state index contributed by atoms with van der Waals surface area (Å²) in [5.74, 6) is 0.714. The minimum Gasteiger partial charge on any atom is -0.339 e. The van der Waals surface area contributed by atoms with Crippen LogP contribution in [0.15, 0.2) is 18.3 Å². The third kappa shape index (κ3) is 3.16. The molecular formula is C13H20ClN5. The van der Waals surface area contributed by atoms with Crippen LogP contribution in [-0.4, -0.2) is 34.2 Å². The Morgan fingerprint density at radius 2 is 2.16 bits per heavy atom. The van der Waals surface area contributed by atoms with E-state index in [1.54, 1.807) is 10.7 Å². The van der Waals surface area contributed by atoms with E-state index in [1.165, 1.54) is 0 Å². The summed E-state index contributed by atoms with van der Waals surface area (Å²) < 4.78 is 1.70. The highest BCUT2D eigenvalue weighted by Crippen LogP contribution is 2.20. The average molecular weight is 282 g/mol. The van der Waals surface area contributed by atoms with Crippen molar-refractivity contribution in [1.82, 2.24) is 14.6 Å². The van der Waals surface area contributed by atoms with Gasteiger partial charge in [-0.3, -0.25) is 0 Å². The number of hydrogen-bond acceptors (Lipinski definition) is 4. The van der Waals surface area contributed by atoms with Gasteiger partial charge in [-0.1, -0.05) is 25.4 Å². The van der Waals surface area contributed by atoms with Gasteiger partial charge in [0.05, 0.1) is 5.02 Å². The second-order valence-corrected chi connectivity index (χ2v) is 5.88. The zero-order chi connectivity index (χ0) is 14.0. The van der Waals surface area contributed by atoms with Crippen LogP contribution < -0.4 is 10.6 Å². The Balaban J connectivity index is 2.30. The van der Waals surface area contributed by atoms with Crippen LogP contribution in [0.5, 0.6) is 0 Å². The van der Waals surface area contributed by atoms with E-state index in [0.29, 0.717) is 17.5 Å². The van der Waals surface area contributed by atoms with Gasteiger partial charge in [-0.2, -0.15) is 4.98 Å². The first kappa shape index (κ1) is 14.1. The number of halogens is 1. The van der Waals surface area contributed by atoms with Gasteiger partial charge in [0.25, 0.3) is 0 Å². The monoisotopic (exact) mass is 281 g/mol. The van der Waals surface area contributed by atoms with Crippen molar-refractivity contribution in [3.05, 3.63) is 23.4 Å². The Morgan fingerprint density at radius 1 is 1.42 bits per heavy atom. The molecule has 0 unspecified atom stereocenters. The van der Waals surface area contributed by atoms with Gasteiger partial charge >= 0.3 is 0 Å². The fraction of sp³-hybridized carbons (Fsp3) is 0.538. The summed E-state index contributed by atoms with van der Waals surface area (Å²) in [5, 5.41) is 5.12. The van der Waals surface area contributed by atoms with E-state index in [-0.39, 0.29) is 5.41 Å². The molecule has 0 atom stereocenters. The van der Waals surface area contributed by atoms with Crippen LogP contribution in [0.2, 0.25) is 5.02 Å². The summed E-state index contributed by atoms with van der Waals surface area (Å²) in [6.45, 7) is 8.66. The minimum absolute atomic E-state index is 0.0329. The Morgan fingerprint density at radius 3 is 2.79 bits per heavy atom. The van der Waals surface area contributed by atoms with Gasteiger partial charge in [0, 0.05) is 19.3 Å². The number of pyridine rings is 1. The topological polar surface area (TPSA) is 59.5 Å². The highest BCUT2D eigenvalue weighted by atomic mass is 35.5. The smallest absolute Gasteiger partial charge is 0.245 e. The van der Waals surface area contributed by atoms with E-state index < -0.39 is 0 Å². The maximum atomic E-state index is 5.95. The van der Waals surface area contributed by atoms with E-state index in [0.717, 1.165) is 18.7 Å². The average Bonchev–Trinajstić information content (AvgIpc) is 2.78. The van der Waals surface area contributed by atoms with Crippen LogP contribution in [0.3, 0.4) is 0 Å². The van der Waals surface area contributed by atoms with Crippen LogP contribution in [0.25, 0.3) is 5.65 Å². The molecule has 2 N–H and O–H groups in total. The van der Waals surface area contributed by atoms with Crippen molar-refractivity contribution in [2.24, 2.45) is 11.1 Å². The number of fused-ring (bicyclic) bond motifs is 1. The minimum atomic E-state index is 0.0329. The molecule has 5 nitrogen and oxygen atoms in total. The van der Waals surface area contributed by atoms with Crippen molar-refractivity contribution in [2.75, 3.05) is 24.5 Å². The standard InChI is InChI=1S/C13H20ClN5/c1-4-18(9-13(2,3)8-15)12-16-11-6-5-10(14)7-19(11)17-12/h5-7H,4,8-9,15H2,1-3H3. The molecule has 0 saturated carbocycles. The maximum Gasteiger partial charge on any atom is 0.245 e. The molecule has 0 aliphatic carbocycles. The van der Waals surface area contributed by atoms with E-state index >= 15 is 0 Å². The lowest BCUT2D eigenvalue weighted by molar-refractivity contribution is 0.377. The lowest BCUT2D eigenvalue weighted by Crippen LogP contribution is -2.39. The fourth-order valence-corrected chi connectivity index (χ4v) is 2.04. The van der Waals surface area contributed by atoms with Crippen molar-refractivity contribution in [3.8, 4) is 0 Å². The summed E-state index contributed by atoms with van der Waals surface area (Å²) in [7, 11) is 0. The van der Waals surface area contributed by atoms with Crippen molar-refractivity contribution in [2.45, 2.75) is 20.8 Å². The number of nitrogens with two attached hydrogens (primary N) is 1. The van der Waals surface area contributed by atoms with Crippen molar-refractivity contribution in [3.63, 3.8) is 0 Å². The highest BCUT2D eigenvalue weighted by molar-refractivity contribution is 6.30. The zero-order valence-corrected chi connectivity index (χ0v) is 12.4. The van der Waals surface area contributed by atoms with Gasteiger partial charge in [0.1, 0.15) is 0 Å². The third-order valence-electron chi connectivity index (χ3n) is 3.12. The molecule has 0 amide bonds. The molecule has 19 heavy (non-hydrogen) atoms. The third-order valence-corrected chi connectivity index (χ3v) is 3.34. The fourth-order valence-electron chi connectivity index (χ4n) is 1.89. The second kappa shape index (κ2) is 5.35. The van der Waals surface area contributed by atoms with Crippen molar-refractivity contribution in [1.29, 1.82) is 0 Å². The lowest BCUT2D eigenvalue weighted by atomic mass is 9.93. The number of hydrogen-bond donors (Lipinski definition) is 1. The Labute approximate surface area is 118 Å². The first-order valence-corrected chi connectivity index (χ1v) is 6.80.